The molecule has 0 heterocycles. The van der Waals surface area contributed by atoms with E-state index >= 15 is 0 Å². The van der Waals surface area contributed by atoms with Crippen molar-refractivity contribution in [1.29, 1.82) is 0 Å². The van der Waals surface area contributed by atoms with E-state index in [4.69, 9.17) is 5.21 Å². The Hall–Kier alpha value is -1.96. The summed E-state index contributed by atoms with van der Waals surface area (Å²) >= 11 is 0. The van der Waals surface area contributed by atoms with E-state index in [0.29, 0.717) is 5.56 Å². The number of carboxylic acid groups (broad SMARTS) is 1. The summed E-state index contributed by atoms with van der Waals surface area (Å²) in [5.41, 5.74) is 2.39. The number of rotatable bonds is 8. The normalized spacial score (nSPS) is 11.0. The maximum absolute atomic E-state index is 13.0. The fourth-order valence-corrected chi connectivity index (χ4v) is 4.16. The molecule has 0 saturated carbocycles. The van der Waals surface area contributed by atoms with Crippen LogP contribution in [0.4, 0.5) is 0 Å². The van der Waals surface area contributed by atoms with E-state index in [1.54, 1.807) is 42.5 Å². The van der Waals surface area contributed by atoms with Gasteiger partial charge in [-0.3, -0.25) is 4.79 Å². The molecule has 0 radical (unpaired) electrons. The Morgan fingerprint density at radius 3 is 1.77 bits per heavy atom. The van der Waals surface area contributed by atoms with E-state index in [1.807, 2.05) is 27.7 Å². The van der Waals surface area contributed by atoms with Crippen LogP contribution in [0.15, 0.2) is 53.6 Å². The molecule has 1 aromatic carbocycles. The van der Waals surface area contributed by atoms with Crippen LogP contribution in [-0.2, 0) is 20.4 Å². The smallest absolute Gasteiger partial charge is 0.325 e. The van der Waals surface area contributed by atoms with Crippen molar-refractivity contribution < 1.29 is 23.5 Å². The van der Waals surface area contributed by atoms with E-state index in [9.17, 15) is 18.3 Å². The van der Waals surface area contributed by atoms with Crippen molar-refractivity contribution in [3.8, 4) is 0 Å². The number of hydrogen-bond acceptors (Lipinski definition) is 5. The van der Waals surface area contributed by atoms with E-state index in [-0.39, 0.29) is 18.6 Å². The van der Waals surface area contributed by atoms with Crippen molar-refractivity contribution in [1.82, 2.24) is 0 Å². The minimum atomic E-state index is -3.92. The maximum atomic E-state index is 13.0. The Morgan fingerprint density at radius 2 is 1.42 bits per heavy atom. The predicted octanol–water partition coefficient (Wildman–Crippen LogP) is 3.47. The second-order valence-corrected chi connectivity index (χ2v) is 8.81. The molecule has 26 heavy (non-hydrogen) atoms. The molecule has 0 aromatic heterocycles. The third-order valence-corrected chi connectivity index (χ3v) is 6.28. The fraction of sp³-hybridized carbons (Fsp3) is 0.421. The molecule has 1 aromatic rings. The number of benzene rings is 1. The Labute approximate surface area is 155 Å². The van der Waals surface area contributed by atoms with Crippen LogP contribution in [0.5, 0.6) is 0 Å². The third kappa shape index (κ3) is 6.74. The molecule has 146 valence electrons. The second-order valence-electron chi connectivity index (χ2n) is 6.52. The zero-order valence-corrected chi connectivity index (χ0v) is 16.6. The molecule has 0 aliphatic carbocycles. The van der Waals surface area contributed by atoms with Crippen LogP contribution in [-0.4, -0.2) is 29.4 Å². The summed E-state index contributed by atoms with van der Waals surface area (Å²) in [4.78, 5) is 12.0. The highest BCUT2D eigenvalue weighted by molar-refractivity contribution is 7.92. The van der Waals surface area contributed by atoms with Crippen molar-refractivity contribution in [3.05, 3.63) is 59.2 Å². The minimum Gasteiger partial charge on any atom is -0.480 e. The second kappa shape index (κ2) is 10.9. The molecule has 0 saturated heterocycles. The van der Waals surface area contributed by atoms with Crippen molar-refractivity contribution >= 4 is 15.8 Å². The average Bonchev–Trinajstić information content (AvgIpc) is 2.56. The van der Waals surface area contributed by atoms with Gasteiger partial charge in [-0.15, -0.1) is 0 Å². The molecular weight excluding hydrogens is 354 g/mol. The van der Waals surface area contributed by atoms with Crippen molar-refractivity contribution in [2.24, 2.45) is 5.90 Å². The summed E-state index contributed by atoms with van der Waals surface area (Å²) in [5.74, 6) is 1.92. The van der Waals surface area contributed by atoms with E-state index in [2.05, 4.69) is 5.90 Å². The number of carboxylic acids is 1. The average molecular weight is 384 g/mol. The lowest BCUT2D eigenvalue weighted by atomic mass is 9.97. The number of hydrogen-bond donors (Lipinski definition) is 3. The molecule has 0 amide bonds. The summed E-state index contributed by atoms with van der Waals surface area (Å²) in [6.45, 7) is 7.32. The standard InChI is InChI=1S/C19H26O4S.H3NO/c1-15(2)10-12-19(18(20)21,13-11-16(3)4)24(22,23)14-17-8-6-5-7-9-17;1-2/h5-11H,12-14H2,1-4H3,(H,20,21);2H,1H2. The van der Waals surface area contributed by atoms with Crippen molar-refractivity contribution in [2.45, 2.75) is 51.0 Å². The largest absolute Gasteiger partial charge is 0.480 e. The molecule has 0 unspecified atom stereocenters. The Kier molecular flexibility index (Phi) is 10.1. The monoisotopic (exact) mass is 383 g/mol. The first-order valence-corrected chi connectivity index (χ1v) is 9.78. The van der Waals surface area contributed by atoms with Gasteiger partial charge < -0.3 is 10.3 Å². The van der Waals surface area contributed by atoms with Gasteiger partial charge in [-0.2, -0.15) is 0 Å². The minimum absolute atomic E-state index is 0.0381. The molecule has 0 aliphatic heterocycles. The lowest BCUT2D eigenvalue weighted by Crippen LogP contribution is -2.46. The number of aliphatic carboxylic acids is 1. The van der Waals surface area contributed by atoms with Gasteiger partial charge in [0.1, 0.15) is 0 Å². The van der Waals surface area contributed by atoms with Crippen molar-refractivity contribution in [3.63, 3.8) is 0 Å². The van der Waals surface area contributed by atoms with Crippen LogP contribution in [0, 0.1) is 0 Å². The van der Waals surface area contributed by atoms with Crippen LogP contribution in [0.25, 0.3) is 0 Å². The molecule has 0 fully saturated rings. The van der Waals surface area contributed by atoms with Crippen LogP contribution in [0.1, 0.15) is 46.1 Å². The van der Waals surface area contributed by atoms with Gasteiger partial charge in [0.2, 0.25) is 0 Å². The molecule has 0 spiro atoms. The van der Waals surface area contributed by atoms with Gasteiger partial charge in [0.25, 0.3) is 0 Å². The van der Waals surface area contributed by atoms with Crippen LogP contribution in [0.2, 0.25) is 0 Å². The zero-order valence-electron chi connectivity index (χ0n) is 15.8. The van der Waals surface area contributed by atoms with Gasteiger partial charge in [-0.05, 0) is 46.1 Å². The third-order valence-electron chi connectivity index (χ3n) is 3.86. The van der Waals surface area contributed by atoms with Crippen molar-refractivity contribution in [2.75, 3.05) is 0 Å². The van der Waals surface area contributed by atoms with Gasteiger partial charge in [-0.25, -0.2) is 14.3 Å². The Balaban J connectivity index is 0.00000301. The lowest BCUT2D eigenvalue weighted by Gasteiger charge is -2.27. The highest BCUT2D eigenvalue weighted by Crippen LogP contribution is 2.32. The number of sulfone groups is 1. The molecular formula is C19H29NO5S. The van der Waals surface area contributed by atoms with E-state index < -0.39 is 20.6 Å². The molecule has 0 atom stereocenters. The summed E-state index contributed by atoms with van der Waals surface area (Å²) in [6, 6.07) is 8.70. The number of allylic oxidation sites excluding steroid dienone is 4. The predicted molar refractivity (Wildman–Crippen MR) is 104 cm³/mol. The SMILES string of the molecule is CC(C)=CCC(CC=C(C)C)(C(=O)O)S(=O)(=O)Cc1ccccc1.NO. The Morgan fingerprint density at radius 1 is 1.00 bits per heavy atom. The first-order valence-electron chi connectivity index (χ1n) is 8.13. The summed E-state index contributed by atoms with van der Waals surface area (Å²) < 4.78 is 24.2. The quantitative estimate of drug-likeness (QED) is 0.467. The summed E-state index contributed by atoms with van der Waals surface area (Å²) in [5, 5.41) is 16.3. The molecule has 0 bridgehead atoms. The summed E-state index contributed by atoms with van der Waals surface area (Å²) in [6.07, 6.45) is 3.30. The number of nitrogens with two attached hydrogens (primary N) is 1. The lowest BCUT2D eigenvalue weighted by molar-refractivity contribution is -0.140. The molecule has 7 heteroatoms. The first-order chi connectivity index (χ1) is 12.1. The topological polar surface area (TPSA) is 118 Å². The van der Waals surface area contributed by atoms with Gasteiger partial charge >= 0.3 is 5.97 Å². The summed E-state index contributed by atoms with van der Waals surface area (Å²) in [7, 11) is -3.92. The Bertz CT molecular complexity index is 708. The highest BCUT2D eigenvalue weighted by Gasteiger charge is 2.49. The fourth-order valence-electron chi connectivity index (χ4n) is 2.31. The molecule has 6 nitrogen and oxygen atoms in total. The van der Waals surface area contributed by atoms with Gasteiger partial charge in [0.05, 0.1) is 5.75 Å². The highest BCUT2D eigenvalue weighted by atomic mass is 32.2. The van der Waals surface area contributed by atoms with Crippen LogP contribution < -0.4 is 5.90 Å². The van der Waals surface area contributed by atoms with Gasteiger partial charge in [0.15, 0.2) is 14.6 Å². The molecule has 1 rings (SSSR count). The maximum Gasteiger partial charge on any atom is 0.325 e. The van der Waals surface area contributed by atoms with E-state index in [1.165, 1.54) is 0 Å². The van der Waals surface area contributed by atoms with Crippen LogP contribution in [0.3, 0.4) is 0 Å². The van der Waals surface area contributed by atoms with Crippen LogP contribution >= 0.6 is 0 Å². The molecule has 4 N–H and O–H groups in total. The zero-order chi connectivity index (χ0) is 20.4. The van der Waals surface area contributed by atoms with E-state index in [0.717, 1.165) is 11.1 Å². The first kappa shape index (κ1) is 24.0. The number of carbonyl (C=O) groups is 1. The van der Waals surface area contributed by atoms with Gasteiger partial charge in [-0.1, -0.05) is 53.6 Å². The van der Waals surface area contributed by atoms with Gasteiger partial charge in [0, 0.05) is 0 Å². The molecule has 0 aliphatic rings.